The van der Waals surface area contributed by atoms with E-state index in [9.17, 15) is 0 Å². The molecule has 0 unspecified atom stereocenters. The second kappa shape index (κ2) is 4.19. The van der Waals surface area contributed by atoms with Gasteiger partial charge in [0.15, 0.2) is 0 Å². The summed E-state index contributed by atoms with van der Waals surface area (Å²) in [6, 6.07) is 9.80. The third-order valence-electron chi connectivity index (χ3n) is 1.20. The van der Waals surface area contributed by atoms with Crippen molar-refractivity contribution in [2.75, 3.05) is 0 Å². The lowest BCUT2D eigenvalue weighted by Crippen LogP contribution is -1.69. The molecule has 1 aromatic rings. The zero-order valence-corrected chi connectivity index (χ0v) is 6.03. The number of rotatable bonds is 2. The average molecular weight is 144 g/mol. The Bertz CT molecular complexity index is 267. The van der Waals surface area contributed by atoms with Crippen LogP contribution in [-0.4, -0.2) is 0 Å². The fourth-order valence-corrected chi connectivity index (χ4v) is 0.716. The van der Waals surface area contributed by atoms with E-state index in [4.69, 9.17) is 6.42 Å². The monoisotopic (exact) mass is 144 g/mol. The zero-order chi connectivity index (χ0) is 7.94. The van der Waals surface area contributed by atoms with Gasteiger partial charge in [0.25, 0.3) is 0 Å². The molecule has 11 heavy (non-hydrogen) atoms. The van der Waals surface area contributed by atoms with E-state index in [1.807, 2.05) is 30.3 Å². The van der Waals surface area contributed by atoms with Gasteiger partial charge in [-0.1, -0.05) is 36.8 Å². The van der Waals surface area contributed by atoms with Crippen molar-refractivity contribution in [1.29, 1.82) is 0 Å². The second-order valence-corrected chi connectivity index (χ2v) is 1.95. The topological polar surface area (TPSA) is 9.23 Å². The highest BCUT2D eigenvalue weighted by Gasteiger charge is 1.80. The van der Waals surface area contributed by atoms with Crippen LogP contribution in [0.2, 0.25) is 0 Å². The first-order chi connectivity index (χ1) is 5.43. The summed E-state index contributed by atoms with van der Waals surface area (Å²) in [4.78, 5) is 0. The maximum Gasteiger partial charge on any atom is 0.112 e. The minimum atomic E-state index is 1.07. The van der Waals surface area contributed by atoms with E-state index in [1.165, 1.54) is 6.26 Å². The molecule has 0 amide bonds. The Morgan fingerprint density at radius 2 is 2.00 bits per heavy atom. The SMILES string of the molecule is C#CO/C=C/c1ccccc1. The molecule has 0 aliphatic heterocycles. The lowest BCUT2D eigenvalue weighted by atomic mass is 10.2. The van der Waals surface area contributed by atoms with Crippen LogP contribution in [0.4, 0.5) is 0 Å². The van der Waals surface area contributed by atoms with Crippen LogP contribution in [0.25, 0.3) is 6.08 Å². The molecule has 0 saturated heterocycles. The third kappa shape index (κ3) is 2.59. The first kappa shape index (κ1) is 7.43. The standard InChI is InChI=1S/C10H8O/c1-2-11-9-8-10-6-4-3-5-7-10/h1,3-9H/b9-8+. The molecule has 0 aromatic heterocycles. The van der Waals surface area contributed by atoms with Crippen LogP contribution in [-0.2, 0) is 4.74 Å². The largest absolute Gasteiger partial charge is 0.416 e. The summed E-state index contributed by atoms with van der Waals surface area (Å²) >= 11 is 0. The molecule has 0 N–H and O–H groups in total. The molecule has 1 heteroatoms. The normalized spacial score (nSPS) is 9.36. The van der Waals surface area contributed by atoms with Crippen molar-refractivity contribution in [2.45, 2.75) is 0 Å². The van der Waals surface area contributed by atoms with E-state index >= 15 is 0 Å². The Morgan fingerprint density at radius 3 is 2.64 bits per heavy atom. The molecule has 0 aliphatic carbocycles. The third-order valence-corrected chi connectivity index (χ3v) is 1.20. The van der Waals surface area contributed by atoms with Crippen molar-refractivity contribution in [3.63, 3.8) is 0 Å². The van der Waals surface area contributed by atoms with Crippen LogP contribution < -0.4 is 0 Å². The average Bonchev–Trinajstić information content (AvgIpc) is 2.07. The summed E-state index contributed by atoms with van der Waals surface area (Å²) in [5.41, 5.74) is 1.07. The van der Waals surface area contributed by atoms with Gasteiger partial charge in [-0.25, -0.2) is 0 Å². The summed E-state index contributed by atoms with van der Waals surface area (Å²) in [7, 11) is 0. The van der Waals surface area contributed by atoms with Gasteiger partial charge in [0.1, 0.15) is 12.4 Å². The molecule has 0 radical (unpaired) electrons. The molecular formula is C10H8O. The van der Waals surface area contributed by atoms with Crippen molar-refractivity contribution in [3.8, 4) is 12.5 Å². The molecule has 0 aliphatic rings. The number of hydrogen-bond donors (Lipinski definition) is 0. The van der Waals surface area contributed by atoms with Gasteiger partial charge < -0.3 is 4.74 Å². The summed E-state index contributed by atoms with van der Waals surface area (Å²) in [6.07, 6.45) is 10.2. The molecule has 0 atom stereocenters. The van der Waals surface area contributed by atoms with Crippen LogP contribution >= 0.6 is 0 Å². The molecule has 0 spiro atoms. The van der Waals surface area contributed by atoms with Gasteiger partial charge >= 0.3 is 0 Å². The lowest BCUT2D eigenvalue weighted by Gasteiger charge is -1.88. The highest BCUT2D eigenvalue weighted by molar-refractivity contribution is 5.47. The number of hydrogen-bond acceptors (Lipinski definition) is 1. The summed E-state index contributed by atoms with van der Waals surface area (Å²) in [5, 5.41) is 0. The Balaban J connectivity index is 2.59. The molecule has 54 valence electrons. The minimum Gasteiger partial charge on any atom is -0.416 e. The van der Waals surface area contributed by atoms with E-state index in [0.717, 1.165) is 5.56 Å². The first-order valence-electron chi connectivity index (χ1n) is 3.26. The van der Waals surface area contributed by atoms with Gasteiger partial charge in [-0.15, -0.1) is 0 Å². The molecule has 1 nitrogen and oxygen atoms in total. The Labute approximate surface area is 66.3 Å². The first-order valence-corrected chi connectivity index (χ1v) is 3.26. The molecular weight excluding hydrogens is 136 g/mol. The Hall–Kier alpha value is -1.68. The van der Waals surface area contributed by atoms with Crippen LogP contribution in [0.3, 0.4) is 0 Å². The molecule has 0 bridgehead atoms. The van der Waals surface area contributed by atoms with Crippen molar-refractivity contribution in [2.24, 2.45) is 0 Å². The molecule has 0 heterocycles. The number of ether oxygens (including phenoxy) is 1. The Morgan fingerprint density at radius 1 is 1.27 bits per heavy atom. The molecule has 1 aromatic carbocycles. The van der Waals surface area contributed by atoms with Crippen molar-refractivity contribution in [3.05, 3.63) is 42.2 Å². The van der Waals surface area contributed by atoms with Gasteiger partial charge in [-0.2, -0.15) is 0 Å². The quantitative estimate of drug-likeness (QED) is 0.457. The predicted molar refractivity (Wildman–Crippen MR) is 45.4 cm³/mol. The van der Waals surface area contributed by atoms with Crippen molar-refractivity contribution < 1.29 is 4.74 Å². The van der Waals surface area contributed by atoms with Gasteiger partial charge in [-0.3, -0.25) is 0 Å². The van der Waals surface area contributed by atoms with E-state index in [2.05, 4.69) is 10.8 Å². The summed E-state index contributed by atoms with van der Waals surface area (Å²) in [6.45, 7) is 0. The fraction of sp³-hybridized carbons (Fsp3) is 0. The van der Waals surface area contributed by atoms with Crippen LogP contribution in [0.5, 0.6) is 0 Å². The van der Waals surface area contributed by atoms with E-state index in [0.29, 0.717) is 0 Å². The number of terminal acetylenes is 1. The van der Waals surface area contributed by atoms with Crippen LogP contribution in [0.15, 0.2) is 36.6 Å². The smallest absolute Gasteiger partial charge is 0.112 e. The van der Waals surface area contributed by atoms with Crippen molar-refractivity contribution >= 4 is 6.08 Å². The summed E-state index contributed by atoms with van der Waals surface area (Å²) in [5.74, 6) is 0. The maximum atomic E-state index is 4.87. The Kier molecular flexibility index (Phi) is 2.83. The van der Waals surface area contributed by atoms with E-state index < -0.39 is 0 Å². The highest BCUT2D eigenvalue weighted by atomic mass is 16.5. The second-order valence-electron chi connectivity index (χ2n) is 1.95. The van der Waals surface area contributed by atoms with Gasteiger partial charge in [0, 0.05) is 0 Å². The van der Waals surface area contributed by atoms with E-state index in [1.54, 1.807) is 6.08 Å². The minimum absolute atomic E-state index is 1.07. The lowest BCUT2D eigenvalue weighted by molar-refractivity contribution is 0.445. The summed E-state index contributed by atoms with van der Waals surface area (Å²) < 4.78 is 4.58. The molecule has 0 fully saturated rings. The molecule has 1 rings (SSSR count). The maximum absolute atomic E-state index is 4.87. The number of benzene rings is 1. The van der Waals surface area contributed by atoms with Gasteiger partial charge in [0.2, 0.25) is 0 Å². The highest BCUT2D eigenvalue weighted by Crippen LogP contribution is 2.00. The van der Waals surface area contributed by atoms with Gasteiger partial charge in [0.05, 0.1) is 0 Å². The predicted octanol–water partition coefficient (Wildman–Crippen LogP) is 2.26. The fourth-order valence-electron chi connectivity index (χ4n) is 0.716. The molecule has 0 saturated carbocycles. The zero-order valence-electron chi connectivity index (χ0n) is 6.03. The van der Waals surface area contributed by atoms with Crippen LogP contribution in [0.1, 0.15) is 5.56 Å². The van der Waals surface area contributed by atoms with Crippen LogP contribution in [0, 0.1) is 12.5 Å². The van der Waals surface area contributed by atoms with Gasteiger partial charge in [-0.05, 0) is 11.6 Å². The van der Waals surface area contributed by atoms with Crippen molar-refractivity contribution in [1.82, 2.24) is 0 Å². The van der Waals surface area contributed by atoms with E-state index in [-0.39, 0.29) is 0 Å².